The Hall–Kier alpha value is -1.88. The van der Waals surface area contributed by atoms with Crippen molar-refractivity contribution in [1.82, 2.24) is 10.3 Å². The molecule has 0 aliphatic rings. The highest BCUT2D eigenvalue weighted by Crippen LogP contribution is 2.16. The van der Waals surface area contributed by atoms with Gasteiger partial charge in [0.25, 0.3) is 5.91 Å². The summed E-state index contributed by atoms with van der Waals surface area (Å²) in [7, 11) is 0. The molecule has 5 heteroatoms. The molecule has 0 unspecified atom stereocenters. The molecule has 0 fully saturated rings. The Morgan fingerprint density at radius 3 is 2.78 bits per heavy atom. The maximum Gasteiger partial charge on any atom is 0.257 e. The number of aromatic amines is 1. The van der Waals surface area contributed by atoms with Crippen LogP contribution in [0.3, 0.4) is 0 Å². The molecule has 0 aliphatic heterocycles. The quantitative estimate of drug-likeness (QED) is 0.884. The summed E-state index contributed by atoms with van der Waals surface area (Å²) in [4.78, 5) is 28.3. The Bertz CT molecular complexity index is 601. The molecular formula is C13H14N2O2S. The predicted octanol–water partition coefficient (Wildman–Crippen LogP) is 1.93. The van der Waals surface area contributed by atoms with Gasteiger partial charge in [-0.1, -0.05) is 6.92 Å². The molecule has 4 nitrogen and oxygen atoms in total. The Morgan fingerprint density at radius 1 is 1.33 bits per heavy atom. The van der Waals surface area contributed by atoms with Crippen molar-refractivity contribution in [2.75, 3.05) is 0 Å². The van der Waals surface area contributed by atoms with E-state index < -0.39 is 0 Å². The van der Waals surface area contributed by atoms with Crippen LogP contribution in [0.25, 0.3) is 0 Å². The van der Waals surface area contributed by atoms with E-state index in [2.05, 4.69) is 23.3 Å². The summed E-state index contributed by atoms with van der Waals surface area (Å²) >= 11 is 1.67. The number of carbonyl (C=O) groups excluding carboxylic acids is 1. The van der Waals surface area contributed by atoms with E-state index in [1.54, 1.807) is 11.3 Å². The second-order valence-electron chi connectivity index (χ2n) is 3.83. The SMILES string of the molecule is CCc1ccc(CNC(=O)c2c[nH]ccc2=O)s1. The molecule has 0 bridgehead atoms. The van der Waals surface area contributed by atoms with E-state index in [4.69, 9.17) is 0 Å². The highest BCUT2D eigenvalue weighted by Gasteiger charge is 2.09. The standard InChI is InChI=1S/C13H14N2O2S/c1-2-9-3-4-10(18-9)7-15-13(17)11-8-14-6-5-12(11)16/h3-6,8H,2,7H2,1H3,(H,14,16)(H,15,17). The van der Waals surface area contributed by atoms with Gasteiger partial charge >= 0.3 is 0 Å². The van der Waals surface area contributed by atoms with Crippen molar-refractivity contribution in [3.8, 4) is 0 Å². The van der Waals surface area contributed by atoms with Gasteiger partial charge in [-0.15, -0.1) is 11.3 Å². The number of carbonyl (C=O) groups is 1. The van der Waals surface area contributed by atoms with E-state index in [1.165, 1.54) is 23.3 Å². The van der Waals surface area contributed by atoms with Gasteiger partial charge in [0.2, 0.25) is 0 Å². The fraction of sp³-hybridized carbons (Fsp3) is 0.231. The average molecular weight is 262 g/mol. The lowest BCUT2D eigenvalue weighted by molar-refractivity contribution is 0.0950. The number of thiophene rings is 1. The third kappa shape index (κ3) is 2.87. The fourth-order valence-electron chi connectivity index (χ4n) is 1.56. The third-order valence-electron chi connectivity index (χ3n) is 2.56. The van der Waals surface area contributed by atoms with Crippen LogP contribution >= 0.6 is 11.3 Å². The molecule has 2 N–H and O–H groups in total. The molecule has 0 radical (unpaired) electrons. The number of rotatable bonds is 4. The van der Waals surface area contributed by atoms with Gasteiger partial charge in [0.05, 0.1) is 6.54 Å². The minimum atomic E-state index is -0.344. The molecule has 18 heavy (non-hydrogen) atoms. The van der Waals surface area contributed by atoms with Crippen LogP contribution < -0.4 is 10.7 Å². The van der Waals surface area contributed by atoms with Crippen molar-refractivity contribution in [1.29, 1.82) is 0 Å². The highest BCUT2D eigenvalue weighted by molar-refractivity contribution is 7.11. The zero-order valence-electron chi connectivity index (χ0n) is 10.0. The molecule has 0 saturated heterocycles. The zero-order chi connectivity index (χ0) is 13.0. The van der Waals surface area contributed by atoms with Gasteiger partial charge in [-0.25, -0.2) is 0 Å². The molecule has 2 aromatic heterocycles. The first-order valence-corrected chi connectivity index (χ1v) is 6.55. The lowest BCUT2D eigenvalue weighted by atomic mass is 10.2. The van der Waals surface area contributed by atoms with E-state index in [-0.39, 0.29) is 16.9 Å². The Kier molecular flexibility index (Phi) is 3.94. The number of hydrogen-bond acceptors (Lipinski definition) is 3. The smallest absolute Gasteiger partial charge is 0.257 e. The Balaban J connectivity index is 2.00. The van der Waals surface area contributed by atoms with Crippen LogP contribution in [0, 0.1) is 0 Å². The van der Waals surface area contributed by atoms with Crippen molar-refractivity contribution in [2.45, 2.75) is 19.9 Å². The van der Waals surface area contributed by atoms with Crippen molar-refractivity contribution in [3.63, 3.8) is 0 Å². The highest BCUT2D eigenvalue weighted by atomic mass is 32.1. The molecule has 0 aliphatic carbocycles. The van der Waals surface area contributed by atoms with Crippen molar-refractivity contribution < 1.29 is 4.79 Å². The van der Waals surface area contributed by atoms with Crippen LogP contribution in [0.1, 0.15) is 27.0 Å². The van der Waals surface area contributed by atoms with Gasteiger partial charge in [0, 0.05) is 28.2 Å². The minimum absolute atomic E-state index is 0.143. The first-order valence-electron chi connectivity index (χ1n) is 5.73. The molecule has 2 aromatic rings. The maximum atomic E-state index is 11.8. The predicted molar refractivity (Wildman–Crippen MR) is 71.9 cm³/mol. The molecule has 0 atom stereocenters. The van der Waals surface area contributed by atoms with Gasteiger partial charge < -0.3 is 10.3 Å². The molecule has 2 heterocycles. The molecule has 0 aromatic carbocycles. The van der Waals surface area contributed by atoms with E-state index in [0.717, 1.165) is 11.3 Å². The number of hydrogen-bond donors (Lipinski definition) is 2. The summed E-state index contributed by atoms with van der Waals surface area (Å²) < 4.78 is 0. The first kappa shape index (κ1) is 12.6. The number of amides is 1. The third-order valence-corrected chi connectivity index (χ3v) is 3.79. The summed E-state index contributed by atoms with van der Waals surface area (Å²) in [6.07, 6.45) is 3.92. The monoisotopic (exact) mass is 262 g/mol. The second kappa shape index (κ2) is 5.64. The van der Waals surface area contributed by atoms with Crippen molar-refractivity contribution in [3.05, 3.63) is 56.1 Å². The molecular weight excluding hydrogens is 248 g/mol. The maximum absolute atomic E-state index is 11.8. The van der Waals surface area contributed by atoms with Crippen molar-refractivity contribution >= 4 is 17.2 Å². The van der Waals surface area contributed by atoms with E-state index in [9.17, 15) is 9.59 Å². The summed E-state index contributed by atoms with van der Waals surface area (Å²) in [5, 5.41) is 2.74. The molecule has 0 spiro atoms. The lowest BCUT2D eigenvalue weighted by Crippen LogP contribution is -2.27. The summed E-state index contributed by atoms with van der Waals surface area (Å²) in [6.45, 7) is 2.55. The van der Waals surface area contributed by atoms with Crippen LogP contribution in [-0.4, -0.2) is 10.9 Å². The normalized spacial score (nSPS) is 10.3. The van der Waals surface area contributed by atoms with Crippen LogP contribution in [0.5, 0.6) is 0 Å². The van der Waals surface area contributed by atoms with E-state index in [0.29, 0.717) is 6.54 Å². The molecule has 2 rings (SSSR count). The van der Waals surface area contributed by atoms with Gasteiger partial charge in [-0.05, 0) is 18.6 Å². The van der Waals surface area contributed by atoms with E-state index in [1.807, 2.05) is 6.07 Å². The molecule has 1 amide bonds. The van der Waals surface area contributed by atoms with Gasteiger partial charge in [0.1, 0.15) is 5.56 Å². The number of pyridine rings is 1. The topological polar surface area (TPSA) is 62.0 Å². The van der Waals surface area contributed by atoms with Gasteiger partial charge in [-0.3, -0.25) is 9.59 Å². The fourth-order valence-corrected chi connectivity index (χ4v) is 2.46. The summed E-state index contributed by atoms with van der Waals surface area (Å²) in [5.74, 6) is -0.344. The molecule has 94 valence electrons. The Labute approximate surface area is 109 Å². The number of aryl methyl sites for hydroxylation is 1. The molecule has 0 saturated carbocycles. The summed E-state index contributed by atoms with van der Waals surface area (Å²) in [5.41, 5.74) is -0.128. The first-order chi connectivity index (χ1) is 8.70. The number of nitrogens with one attached hydrogen (secondary N) is 2. The van der Waals surface area contributed by atoms with Crippen LogP contribution in [-0.2, 0) is 13.0 Å². The van der Waals surface area contributed by atoms with Gasteiger partial charge in [0.15, 0.2) is 5.43 Å². The van der Waals surface area contributed by atoms with Crippen LogP contribution in [0.15, 0.2) is 35.4 Å². The second-order valence-corrected chi connectivity index (χ2v) is 5.08. The average Bonchev–Trinajstić information content (AvgIpc) is 2.84. The van der Waals surface area contributed by atoms with Gasteiger partial charge in [-0.2, -0.15) is 0 Å². The number of H-pyrrole nitrogens is 1. The zero-order valence-corrected chi connectivity index (χ0v) is 10.8. The largest absolute Gasteiger partial charge is 0.367 e. The van der Waals surface area contributed by atoms with Crippen molar-refractivity contribution in [2.24, 2.45) is 0 Å². The van der Waals surface area contributed by atoms with E-state index >= 15 is 0 Å². The van der Waals surface area contributed by atoms with Crippen LogP contribution in [0.2, 0.25) is 0 Å². The number of aromatic nitrogens is 1. The Morgan fingerprint density at radius 2 is 2.11 bits per heavy atom. The van der Waals surface area contributed by atoms with Crippen LogP contribution in [0.4, 0.5) is 0 Å². The summed E-state index contributed by atoms with van der Waals surface area (Å²) in [6, 6.07) is 5.40. The minimum Gasteiger partial charge on any atom is -0.367 e. The lowest BCUT2D eigenvalue weighted by Gasteiger charge is -2.02.